The maximum Gasteiger partial charge on any atom is 0.425 e. The van der Waals surface area contributed by atoms with E-state index in [0.717, 1.165) is 42.6 Å². The van der Waals surface area contributed by atoms with Crippen LogP contribution in [0.3, 0.4) is 0 Å². The zero-order valence-corrected chi connectivity index (χ0v) is 19.9. The number of alkyl halides is 3. The molecule has 4 rings (SSSR count). The average molecular weight is 512 g/mol. The molecule has 0 aromatic heterocycles. The first-order valence-electron chi connectivity index (χ1n) is 10.9. The number of nitrogens with zero attached hydrogens (tertiary/aromatic N) is 2. The summed E-state index contributed by atoms with van der Waals surface area (Å²) in [6, 6.07) is 8.83. The van der Waals surface area contributed by atoms with Crippen LogP contribution in [0.4, 0.5) is 18.9 Å². The number of fused-ring (bicyclic) bond motifs is 1. The lowest BCUT2D eigenvalue weighted by atomic mass is 10.1. The molecule has 2 aromatic rings. The summed E-state index contributed by atoms with van der Waals surface area (Å²) in [7, 11) is -3.71. The molecule has 12 heteroatoms. The van der Waals surface area contributed by atoms with Crippen molar-refractivity contribution in [1.29, 1.82) is 0 Å². The molecule has 0 unspecified atom stereocenters. The van der Waals surface area contributed by atoms with E-state index >= 15 is 0 Å². The zero-order chi connectivity index (χ0) is 25.5. The number of carbonyl (C=O) groups excluding carboxylic acids is 2. The summed E-state index contributed by atoms with van der Waals surface area (Å²) >= 11 is 0. The van der Waals surface area contributed by atoms with Gasteiger partial charge in [0.1, 0.15) is 5.75 Å². The summed E-state index contributed by atoms with van der Waals surface area (Å²) in [5, 5.41) is 2.76. The Morgan fingerprint density at radius 2 is 1.77 bits per heavy atom. The van der Waals surface area contributed by atoms with Gasteiger partial charge in [0.25, 0.3) is 11.8 Å². The van der Waals surface area contributed by atoms with E-state index in [1.807, 2.05) is 17.0 Å². The van der Waals surface area contributed by atoms with Crippen LogP contribution in [-0.4, -0.2) is 69.8 Å². The van der Waals surface area contributed by atoms with E-state index in [4.69, 9.17) is 4.74 Å². The number of piperazine rings is 1. The van der Waals surface area contributed by atoms with Gasteiger partial charge >= 0.3 is 6.18 Å². The van der Waals surface area contributed by atoms with Crippen LogP contribution in [0.2, 0.25) is 0 Å². The first-order chi connectivity index (χ1) is 16.3. The number of nitrogens with one attached hydrogen (secondary N) is 1. The van der Waals surface area contributed by atoms with E-state index in [-0.39, 0.29) is 35.2 Å². The summed E-state index contributed by atoms with van der Waals surface area (Å²) < 4.78 is 68.2. The third-order valence-corrected chi connectivity index (χ3v) is 7.19. The molecule has 1 fully saturated rings. The molecule has 2 aliphatic rings. The highest BCUT2D eigenvalue weighted by atomic mass is 32.2. The van der Waals surface area contributed by atoms with Crippen molar-refractivity contribution in [1.82, 2.24) is 10.2 Å². The van der Waals surface area contributed by atoms with E-state index in [1.54, 1.807) is 6.07 Å². The van der Waals surface area contributed by atoms with Crippen molar-refractivity contribution in [3.63, 3.8) is 0 Å². The van der Waals surface area contributed by atoms with Crippen LogP contribution in [0, 0.1) is 0 Å². The first kappa shape index (κ1) is 24.8. The van der Waals surface area contributed by atoms with Gasteiger partial charge in [-0.2, -0.15) is 13.2 Å². The van der Waals surface area contributed by atoms with E-state index in [0.29, 0.717) is 25.2 Å². The predicted molar refractivity (Wildman–Crippen MR) is 121 cm³/mol. The van der Waals surface area contributed by atoms with E-state index in [1.165, 1.54) is 4.90 Å². The molecule has 2 aliphatic heterocycles. The number of ether oxygens (including phenoxy) is 1. The molecule has 0 bridgehead atoms. The lowest BCUT2D eigenvalue weighted by Crippen LogP contribution is -2.49. The Kier molecular flexibility index (Phi) is 6.43. The second kappa shape index (κ2) is 9.06. The minimum atomic E-state index is -4.66. The van der Waals surface area contributed by atoms with E-state index in [2.05, 4.69) is 5.32 Å². The largest absolute Gasteiger partial charge is 0.480 e. The van der Waals surface area contributed by atoms with E-state index < -0.39 is 28.0 Å². The molecule has 0 spiro atoms. The normalized spacial score (nSPS) is 17.1. The summed E-state index contributed by atoms with van der Waals surface area (Å²) in [5.41, 5.74) is 2.11. The van der Waals surface area contributed by atoms with Gasteiger partial charge in [0.2, 0.25) is 0 Å². The summed E-state index contributed by atoms with van der Waals surface area (Å²) in [6.07, 6.45) is -5.90. The highest BCUT2D eigenvalue weighted by Gasteiger charge is 2.39. The molecule has 8 nitrogen and oxygen atoms in total. The number of hydrogen-bond donors (Lipinski definition) is 1. The number of sulfone groups is 1. The second-order valence-electron chi connectivity index (χ2n) is 8.54. The smallest absolute Gasteiger partial charge is 0.425 e. The van der Waals surface area contributed by atoms with E-state index in [9.17, 15) is 31.2 Å². The Labute approximate surface area is 200 Å². The third-order valence-electron chi connectivity index (χ3n) is 6.08. The molecule has 2 amide bonds. The Morgan fingerprint density at radius 3 is 2.40 bits per heavy atom. The Morgan fingerprint density at radius 1 is 1.09 bits per heavy atom. The van der Waals surface area contributed by atoms with Crippen molar-refractivity contribution in [2.45, 2.75) is 30.6 Å². The predicted octanol–water partition coefficient (Wildman–Crippen LogP) is 2.63. The van der Waals surface area contributed by atoms with Crippen LogP contribution in [0.25, 0.3) is 0 Å². The SMILES string of the molecule is C[C@H](Oc1ccc(S(C)(=O)=O)cc1C(=O)N1CCN(c2ccc3c(c2)C(=O)NC3)CC1)C(F)(F)F. The number of rotatable bonds is 5. The molecule has 1 saturated heterocycles. The molecule has 2 heterocycles. The van der Waals surface area contributed by atoms with Gasteiger partial charge in [0.05, 0.1) is 10.5 Å². The maximum absolute atomic E-state index is 13.3. The second-order valence-corrected chi connectivity index (χ2v) is 10.6. The van der Waals surface area contributed by atoms with Crippen LogP contribution >= 0.6 is 0 Å². The van der Waals surface area contributed by atoms with Gasteiger partial charge in [-0.3, -0.25) is 9.59 Å². The fraction of sp³-hybridized carbons (Fsp3) is 0.391. The zero-order valence-electron chi connectivity index (χ0n) is 19.1. The topological polar surface area (TPSA) is 96.0 Å². The van der Waals surface area contributed by atoms with Gasteiger partial charge in [-0.15, -0.1) is 0 Å². The molecule has 188 valence electrons. The Balaban J connectivity index is 1.54. The van der Waals surface area contributed by atoms with Crippen LogP contribution < -0.4 is 15.0 Å². The number of hydrogen-bond acceptors (Lipinski definition) is 6. The molecule has 0 saturated carbocycles. The summed E-state index contributed by atoms with van der Waals surface area (Å²) in [5.74, 6) is -1.09. The molecule has 0 radical (unpaired) electrons. The fourth-order valence-electron chi connectivity index (χ4n) is 4.00. The van der Waals surface area contributed by atoms with Crippen molar-refractivity contribution in [2.75, 3.05) is 37.3 Å². The molecular formula is C23H24F3N3O5S. The molecule has 0 aliphatic carbocycles. The van der Waals surface area contributed by atoms with Crippen LogP contribution in [0.5, 0.6) is 5.75 Å². The lowest BCUT2D eigenvalue weighted by Gasteiger charge is -2.36. The molecule has 1 N–H and O–H groups in total. The van der Waals surface area contributed by atoms with Crippen LogP contribution in [-0.2, 0) is 16.4 Å². The average Bonchev–Trinajstić information content (AvgIpc) is 3.17. The van der Waals surface area contributed by atoms with Crippen molar-refractivity contribution in [2.24, 2.45) is 0 Å². The van der Waals surface area contributed by atoms with Gasteiger partial charge in [-0.25, -0.2) is 8.42 Å². The van der Waals surface area contributed by atoms with Crippen molar-refractivity contribution < 1.29 is 35.9 Å². The third kappa shape index (κ3) is 5.21. The molecule has 2 aromatic carbocycles. The van der Waals surface area contributed by atoms with Crippen molar-refractivity contribution in [3.05, 3.63) is 53.1 Å². The van der Waals surface area contributed by atoms with Gasteiger partial charge in [-0.05, 0) is 42.8 Å². The maximum atomic E-state index is 13.3. The highest BCUT2D eigenvalue weighted by Crippen LogP contribution is 2.30. The number of benzene rings is 2. The molecule has 35 heavy (non-hydrogen) atoms. The highest BCUT2D eigenvalue weighted by molar-refractivity contribution is 7.90. The Hall–Kier alpha value is -3.28. The Bertz CT molecular complexity index is 1270. The summed E-state index contributed by atoms with van der Waals surface area (Å²) in [6.45, 7) is 2.65. The minimum absolute atomic E-state index is 0.137. The minimum Gasteiger partial charge on any atom is -0.480 e. The molecule has 1 atom stereocenters. The van der Waals surface area contributed by atoms with Gasteiger partial charge in [0, 0.05) is 50.2 Å². The fourth-order valence-corrected chi connectivity index (χ4v) is 4.65. The van der Waals surface area contributed by atoms with Gasteiger partial charge in [0.15, 0.2) is 15.9 Å². The van der Waals surface area contributed by atoms with Crippen LogP contribution in [0.1, 0.15) is 33.2 Å². The molecular weight excluding hydrogens is 487 g/mol. The monoisotopic (exact) mass is 511 g/mol. The number of halogens is 3. The van der Waals surface area contributed by atoms with Crippen molar-refractivity contribution in [3.8, 4) is 5.75 Å². The summed E-state index contributed by atoms with van der Waals surface area (Å²) in [4.78, 5) is 28.5. The van der Waals surface area contributed by atoms with Gasteiger partial charge in [-0.1, -0.05) is 6.07 Å². The number of amides is 2. The number of carbonyl (C=O) groups is 2. The standard InChI is InChI=1S/C23H24F3N3O5S/c1-14(23(24,25)26)34-20-6-5-17(35(2,32)33)12-19(20)22(31)29-9-7-28(8-10-29)16-4-3-15-13-27-21(30)18(15)11-16/h3-6,11-12,14H,7-10,13H2,1-2H3,(H,27,30)/t14-/m0/s1. The number of anilines is 1. The lowest BCUT2D eigenvalue weighted by molar-refractivity contribution is -0.189. The quantitative estimate of drug-likeness (QED) is 0.663. The first-order valence-corrected chi connectivity index (χ1v) is 12.8. The van der Waals surface area contributed by atoms with Crippen LogP contribution in [0.15, 0.2) is 41.3 Å². The van der Waals surface area contributed by atoms with Gasteiger partial charge < -0.3 is 19.9 Å². The van der Waals surface area contributed by atoms with Crippen molar-refractivity contribution >= 4 is 27.3 Å².